The van der Waals surface area contributed by atoms with E-state index in [4.69, 9.17) is 4.42 Å². The van der Waals surface area contributed by atoms with Crippen molar-refractivity contribution >= 4 is 33.2 Å². The average molecular weight is 337 g/mol. The highest BCUT2D eigenvalue weighted by Crippen LogP contribution is 2.30. The number of oxazole rings is 1. The summed E-state index contributed by atoms with van der Waals surface area (Å²) >= 11 is 3.36. The highest BCUT2D eigenvalue weighted by molar-refractivity contribution is 9.10. The van der Waals surface area contributed by atoms with E-state index in [-0.39, 0.29) is 0 Å². The molecule has 0 spiro atoms. The van der Waals surface area contributed by atoms with Gasteiger partial charge in [0.25, 0.3) is 6.01 Å². The van der Waals surface area contributed by atoms with Crippen LogP contribution in [0.2, 0.25) is 0 Å². The van der Waals surface area contributed by atoms with E-state index < -0.39 is 0 Å². The monoisotopic (exact) mass is 336 g/mol. The lowest BCUT2D eigenvalue weighted by Crippen LogP contribution is -2.47. The summed E-state index contributed by atoms with van der Waals surface area (Å²) in [6.07, 6.45) is 5.03. The van der Waals surface area contributed by atoms with Gasteiger partial charge in [-0.15, -0.1) is 0 Å². The molecule has 0 aliphatic carbocycles. The second-order valence-corrected chi connectivity index (χ2v) is 6.43. The lowest BCUT2D eigenvalue weighted by atomic mass is 9.97. The number of hydrogen-bond acceptors (Lipinski definition) is 5. The van der Waals surface area contributed by atoms with Crippen LogP contribution in [0.25, 0.3) is 11.2 Å². The fourth-order valence-corrected chi connectivity index (χ4v) is 3.78. The van der Waals surface area contributed by atoms with Gasteiger partial charge in [0.15, 0.2) is 5.58 Å². The molecular formula is C14H17BrN4O. The van der Waals surface area contributed by atoms with Gasteiger partial charge in [-0.05, 0) is 66.8 Å². The Balaban J connectivity index is 1.57. The van der Waals surface area contributed by atoms with E-state index in [1.54, 1.807) is 0 Å². The number of aromatic nitrogens is 2. The third-order valence-electron chi connectivity index (χ3n) is 4.37. The van der Waals surface area contributed by atoms with Crippen molar-refractivity contribution < 1.29 is 4.42 Å². The Morgan fingerprint density at radius 1 is 1.20 bits per heavy atom. The van der Waals surface area contributed by atoms with E-state index in [1.807, 2.05) is 12.1 Å². The molecule has 0 amide bonds. The van der Waals surface area contributed by atoms with Gasteiger partial charge in [0.2, 0.25) is 5.65 Å². The van der Waals surface area contributed by atoms with E-state index in [1.165, 1.54) is 38.8 Å². The molecule has 106 valence electrons. The molecule has 5 nitrogen and oxygen atoms in total. The quantitative estimate of drug-likeness (QED) is 0.854. The van der Waals surface area contributed by atoms with Crippen LogP contribution >= 0.6 is 15.9 Å². The molecule has 2 aromatic heterocycles. The second kappa shape index (κ2) is 5.00. The minimum Gasteiger partial charge on any atom is -0.422 e. The van der Waals surface area contributed by atoms with Crippen LogP contribution in [0.5, 0.6) is 0 Å². The molecule has 4 rings (SSSR count). The van der Waals surface area contributed by atoms with Crippen molar-refractivity contribution in [3.05, 3.63) is 16.7 Å². The summed E-state index contributed by atoms with van der Waals surface area (Å²) in [7, 11) is 0. The molecule has 0 bridgehead atoms. The molecule has 20 heavy (non-hydrogen) atoms. The molecule has 0 radical (unpaired) electrons. The van der Waals surface area contributed by atoms with Gasteiger partial charge in [-0.3, -0.25) is 4.90 Å². The lowest BCUT2D eigenvalue weighted by molar-refractivity contribution is 0.181. The minimum atomic E-state index is 0.447. The first-order chi connectivity index (χ1) is 9.79. The largest absolute Gasteiger partial charge is 0.422 e. The minimum absolute atomic E-state index is 0.447. The Hall–Kier alpha value is -1.14. The summed E-state index contributed by atoms with van der Waals surface area (Å²) in [5.41, 5.74) is 1.38. The van der Waals surface area contributed by atoms with Crippen LogP contribution in [0.4, 0.5) is 6.01 Å². The maximum atomic E-state index is 5.75. The van der Waals surface area contributed by atoms with Crippen LogP contribution < -0.4 is 5.32 Å². The van der Waals surface area contributed by atoms with Crippen LogP contribution in [0.1, 0.15) is 25.7 Å². The number of nitrogens with one attached hydrogen (secondary N) is 1. The SMILES string of the molecule is Brc1ccc2oc(N[C@@H]3CCCN4CCC[C@H]34)nc2n1. The van der Waals surface area contributed by atoms with Crippen molar-refractivity contribution in [2.45, 2.75) is 37.8 Å². The molecule has 0 saturated carbocycles. The van der Waals surface area contributed by atoms with Gasteiger partial charge in [0.1, 0.15) is 4.60 Å². The number of fused-ring (bicyclic) bond motifs is 2. The van der Waals surface area contributed by atoms with Gasteiger partial charge in [-0.1, -0.05) is 0 Å². The zero-order valence-electron chi connectivity index (χ0n) is 11.2. The van der Waals surface area contributed by atoms with Gasteiger partial charge in [-0.25, -0.2) is 4.98 Å². The van der Waals surface area contributed by atoms with Crippen LogP contribution in [-0.4, -0.2) is 40.0 Å². The number of halogens is 1. The molecule has 2 aliphatic rings. The van der Waals surface area contributed by atoms with Gasteiger partial charge < -0.3 is 9.73 Å². The van der Waals surface area contributed by atoms with Gasteiger partial charge >= 0.3 is 0 Å². The maximum Gasteiger partial charge on any atom is 0.297 e. The molecule has 2 saturated heterocycles. The summed E-state index contributed by atoms with van der Waals surface area (Å²) in [5.74, 6) is 0. The topological polar surface area (TPSA) is 54.2 Å². The summed E-state index contributed by atoms with van der Waals surface area (Å²) < 4.78 is 6.53. The number of anilines is 1. The smallest absolute Gasteiger partial charge is 0.297 e. The zero-order valence-corrected chi connectivity index (χ0v) is 12.8. The highest BCUT2D eigenvalue weighted by Gasteiger charge is 2.35. The molecule has 0 unspecified atom stereocenters. The lowest BCUT2D eigenvalue weighted by Gasteiger charge is -2.36. The standard InChI is InChI=1S/C14H17BrN4O/c15-12-6-5-11-13(17-12)18-14(20-11)16-9-3-1-7-19-8-2-4-10(9)19/h5-6,9-10H,1-4,7-8H2,(H,16,17,18)/t9-,10-/m1/s1. The highest BCUT2D eigenvalue weighted by atomic mass is 79.9. The first-order valence-corrected chi connectivity index (χ1v) is 8.02. The van der Waals surface area contributed by atoms with Crippen LogP contribution in [0.15, 0.2) is 21.2 Å². The Morgan fingerprint density at radius 3 is 2.95 bits per heavy atom. The van der Waals surface area contributed by atoms with E-state index in [0.29, 0.717) is 23.7 Å². The van der Waals surface area contributed by atoms with Crippen molar-refractivity contribution in [1.29, 1.82) is 0 Å². The van der Waals surface area contributed by atoms with Gasteiger partial charge in [0, 0.05) is 12.1 Å². The van der Waals surface area contributed by atoms with E-state index in [0.717, 1.165) is 10.2 Å². The Bertz CT molecular complexity index is 629. The molecule has 2 fully saturated rings. The Labute approximate surface area is 125 Å². The summed E-state index contributed by atoms with van der Waals surface area (Å²) in [6, 6.07) is 5.45. The average Bonchev–Trinajstić information content (AvgIpc) is 3.04. The number of piperidine rings is 1. The maximum absolute atomic E-state index is 5.75. The van der Waals surface area contributed by atoms with Crippen LogP contribution in [0, 0.1) is 0 Å². The number of pyridine rings is 1. The molecule has 2 atom stereocenters. The van der Waals surface area contributed by atoms with E-state index >= 15 is 0 Å². The zero-order chi connectivity index (χ0) is 13.5. The van der Waals surface area contributed by atoms with Crippen molar-refractivity contribution in [2.24, 2.45) is 0 Å². The summed E-state index contributed by atoms with van der Waals surface area (Å²) in [5, 5.41) is 3.49. The van der Waals surface area contributed by atoms with Gasteiger partial charge in [0.05, 0.1) is 0 Å². The van der Waals surface area contributed by atoms with Crippen molar-refractivity contribution in [1.82, 2.24) is 14.9 Å². The van der Waals surface area contributed by atoms with E-state index in [9.17, 15) is 0 Å². The molecule has 2 aliphatic heterocycles. The molecule has 4 heterocycles. The number of rotatable bonds is 2. The van der Waals surface area contributed by atoms with Crippen molar-refractivity contribution in [3.8, 4) is 0 Å². The second-order valence-electron chi connectivity index (χ2n) is 5.61. The molecule has 6 heteroatoms. The molecule has 1 N–H and O–H groups in total. The first kappa shape index (κ1) is 12.6. The predicted molar refractivity (Wildman–Crippen MR) is 80.7 cm³/mol. The first-order valence-electron chi connectivity index (χ1n) is 7.23. The predicted octanol–water partition coefficient (Wildman–Crippen LogP) is 3.02. The summed E-state index contributed by atoms with van der Waals surface area (Å²) in [4.78, 5) is 11.4. The van der Waals surface area contributed by atoms with E-state index in [2.05, 4.69) is 36.1 Å². The fraction of sp³-hybridized carbons (Fsp3) is 0.571. The number of nitrogens with zero attached hydrogens (tertiary/aromatic N) is 3. The van der Waals surface area contributed by atoms with Crippen molar-refractivity contribution in [3.63, 3.8) is 0 Å². The fourth-order valence-electron chi connectivity index (χ4n) is 3.48. The molecule has 2 aromatic rings. The summed E-state index contributed by atoms with van der Waals surface area (Å²) in [6.45, 7) is 2.48. The number of hydrogen-bond donors (Lipinski definition) is 1. The molecule has 0 aromatic carbocycles. The van der Waals surface area contributed by atoms with Crippen LogP contribution in [0.3, 0.4) is 0 Å². The Morgan fingerprint density at radius 2 is 2.05 bits per heavy atom. The van der Waals surface area contributed by atoms with Gasteiger partial charge in [-0.2, -0.15) is 4.98 Å². The third kappa shape index (κ3) is 2.20. The normalized spacial score (nSPS) is 26.9. The van der Waals surface area contributed by atoms with Crippen LogP contribution in [-0.2, 0) is 0 Å². The third-order valence-corrected chi connectivity index (χ3v) is 4.81. The molecular weight excluding hydrogens is 320 g/mol. The Kier molecular flexibility index (Phi) is 3.15. The van der Waals surface area contributed by atoms with Crippen molar-refractivity contribution in [2.75, 3.05) is 18.4 Å².